The lowest BCUT2D eigenvalue weighted by Gasteiger charge is -2.37. The first-order chi connectivity index (χ1) is 8.52. The van der Waals surface area contributed by atoms with Gasteiger partial charge in [-0.25, -0.2) is 4.39 Å². The highest BCUT2D eigenvalue weighted by Gasteiger charge is 2.35. The van der Waals surface area contributed by atoms with E-state index >= 15 is 0 Å². The van der Waals surface area contributed by atoms with Gasteiger partial charge in [-0.1, -0.05) is 18.5 Å². The van der Waals surface area contributed by atoms with Crippen molar-refractivity contribution in [3.8, 4) is 0 Å². The van der Waals surface area contributed by atoms with Gasteiger partial charge in [0.2, 0.25) is 0 Å². The molecule has 0 amide bonds. The summed E-state index contributed by atoms with van der Waals surface area (Å²) in [5, 5.41) is 11.1. The second kappa shape index (κ2) is 5.55. The highest BCUT2D eigenvalue weighted by Crippen LogP contribution is 2.32. The van der Waals surface area contributed by atoms with Gasteiger partial charge in [-0.15, -0.1) is 0 Å². The van der Waals surface area contributed by atoms with Crippen LogP contribution in [0.3, 0.4) is 0 Å². The van der Waals surface area contributed by atoms with Crippen LogP contribution in [0, 0.1) is 5.82 Å². The van der Waals surface area contributed by atoms with E-state index < -0.39 is 5.60 Å². The van der Waals surface area contributed by atoms with E-state index in [9.17, 15) is 9.50 Å². The predicted molar refractivity (Wildman–Crippen MR) is 69.3 cm³/mol. The summed E-state index contributed by atoms with van der Waals surface area (Å²) in [5.41, 5.74) is -0.174. The molecule has 1 aromatic carbocycles. The standard InChI is InChI=1S/C14H18ClFO2/c1-2-12-9-14(17,5-6-18-12)8-10-7-11(16)3-4-13(10)15/h3-4,7,12,17H,2,5-6,8-9H2,1H3. The van der Waals surface area contributed by atoms with Crippen LogP contribution >= 0.6 is 11.6 Å². The molecule has 0 spiro atoms. The van der Waals surface area contributed by atoms with E-state index in [1.54, 1.807) is 0 Å². The van der Waals surface area contributed by atoms with Gasteiger partial charge in [0.05, 0.1) is 11.7 Å². The maximum absolute atomic E-state index is 13.2. The smallest absolute Gasteiger partial charge is 0.123 e. The summed E-state index contributed by atoms with van der Waals surface area (Å²) < 4.78 is 18.8. The van der Waals surface area contributed by atoms with Crippen LogP contribution in [0.15, 0.2) is 18.2 Å². The molecule has 1 fully saturated rings. The van der Waals surface area contributed by atoms with E-state index in [0.717, 1.165) is 6.42 Å². The molecule has 2 rings (SSSR count). The van der Waals surface area contributed by atoms with Gasteiger partial charge in [0.15, 0.2) is 0 Å². The Bertz CT molecular complexity index is 424. The predicted octanol–water partition coefficient (Wildman–Crippen LogP) is 3.34. The normalized spacial score (nSPS) is 28.3. The second-order valence-electron chi connectivity index (χ2n) is 4.99. The van der Waals surface area contributed by atoms with Gasteiger partial charge in [-0.3, -0.25) is 0 Å². The molecule has 1 aliphatic rings. The number of ether oxygens (including phenoxy) is 1. The van der Waals surface area contributed by atoms with E-state index in [2.05, 4.69) is 0 Å². The van der Waals surface area contributed by atoms with Gasteiger partial charge in [0, 0.05) is 24.5 Å². The molecule has 1 saturated heterocycles. The van der Waals surface area contributed by atoms with Crippen LogP contribution in [0.4, 0.5) is 4.39 Å². The quantitative estimate of drug-likeness (QED) is 0.914. The Balaban J connectivity index is 2.14. The SMILES string of the molecule is CCC1CC(O)(Cc2cc(F)ccc2Cl)CCO1. The maximum Gasteiger partial charge on any atom is 0.123 e. The third kappa shape index (κ3) is 3.22. The fourth-order valence-electron chi connectivity index (χ4n) is 2.46. The molecule has 2 unspecified atom stereocenters. The molecule has 1 heterocycles. The lowest BCUT2D eigenvalue weighted by Crippen LogP contribution is -2.42. The number of benzene rings is 1. The summed E-state index contributed by atoms with van der Waals surface area (Å²) in [5.74, 6) is -0.322. The Morgan fingerprint density at radius 1 is 1.56 bits per heavy atom. The van der Waals surface area contributed by atoms with Crippen molar-refractivity contribution in [1.29, 1.82) is 0 Å². The summed E-state index contributed by atoms with van der Waals surface area (Å²) in [6, 6.07) is 4.26. The fourth-order valence-corrected chi connectivity index (χ4v) is 2.64. The minimum atomic E-state index is -0.837. The lowest BCUT2D eigenvalue weighted by atomic mass is 9.84. The largest absolute Gasteiger partial charge is 0.389 e. The number of hydrogen-bond donors (Lipinski definition) is 1. The van der Waals surface area contributed by atoms with Gasteiger partial charge in [0.25, 0.3) is 0 Å². The number of rotatable bonds is 3. The molecule has 1 aromatic rings. The summed E-state index contributed by atoms with van der Waals surface area (Å²) in [6.45, 7) is 2.58. The van der Waals surface area contributed by atoms with Crippen LogP contribution < -0.4 is 0 Å². The molecule has 2 nitrogen and oxygen atoms in total. The van der Waals surface area contributed by atoms with E-state index in [0.29, 0.717) is 36.5 Å². The third-order valence-electron chi connectivity index (χ3n) is 3.51. The van der Waals surface area contributed by atoms with Gasteiger partial charge < -0.3 is 9.84 Å². The van der Waals surface area contributed by atoms with Crippen molar-refractivity contribution >= 4 is 11.6 Å². The van der Waals surface area contributed by atoms with Gasteiger partial charge in [-0.2, -0.15) is 0 Å². The first-order valence-electron chi connectivity index (χ1n) is 6.30. The molecule has 0 saturated carbocycles. The minimum Gasteiger partial charge on any atom is -0.389 e. The number of aliphatic hydroxyl groups is 1. The second-order valence-corrected chi connectivity index (χ2v) is 5.40. The van der Waals surface area contributed by atoms with E-state index in [-0.39, 0.29) is 11.9 Å². The average molecular weight is 273 g/mol. The molecular weight excluding hydrogens is 255 g/mol. The zero-order valence-electron chi connectivity index (χ0n) is 10.5. The van der Waals surface area contributed by atoms with Crippen LogP contribution in [0.1, 0.15) is 31.7 Å². The van der Waals surface area contributed by atoms with Crippen LogP contribution in [0.2, 0.25) is 5.02 Å². The topological polar surface area (TPSA) is 29.5 Å². The molecule has 0 aromatic heterocycles. The first kappa shape index (κ1) is 13.8. The first-order valence-corrected chi connectivity index (χ1v) is 6.68. The Hall–Kier alpha value is -0.640. The van der Waals surface area contributed by atoms with Crippen molar-refractivity contribution in [3.05, 3.63) is 34.6 Å². The number of hydrogen-bond acceptors (Lipinski definition) is 2. The van der Waals surface area contributed by atoms with Crippen molar-refractivity contribution < 1.29 is 14.2 Å². The highest BCUT2D eigenvalue weighted by atomic mass is 35.5. The Morgan fingerprint density at radius 2 is 2.33 bits per heavy atom. The molecule has 0 radical (unpaired) electrons. The molecule has 0 aliphatic carbocycles. The minimum absolute atomic E-state index is 0.0797. The van der Waals surface area contributed by atoms with E-state index in [4.69, 9.17) is 16.3 Å². The van der Waals surface area contributed by atoms with Crippen molar-refractivity contribution in [1.82, 2.24) is 0 Å². The average Bonchev–Trinajstić information content (AvgIpc) is 2.33. The van der Waals surface area contributed by atoms with Crippen molar-refractivity contribution in [2.45, 2.75) is 44.3 Å². The zero-order valence-corrected chi connectivity index (χ0v) is 11.2. The van der Waals surface area contributed by atoms with E-state index in [1.165, 1.54) is 18.2 Å². The maximum atomic E-state index is 13.2. The highest BCUT2D eigenvalue weighted by molar-refractivity contribution is 6.31. The molecule has 1 aliphatic heterocycles. The van der Waals surface area contributed by atoms with Crippen molar-refractivity contribution in [3.63, 3.8) is 0 Å². The summed E-state index contributed by atoms with van der Waals surface area (Å²) in [7, 11) is 0. The van der Waals surface area contributed by atoms with Crippen LogP contribution in [-0.4, -0.2) is 23.4 Å². The molecule has 0 bridgehead atoms. The third-order valence-corrected chi connectivity index (χ3v) is 3.88. The van der Waals surface area contributed by atoms with Crippen LogP contribution in [-0.2, 0) is 11.2 Å². The van der Waals surface area contributed by atoms with Crippen LogP contribution in [0.25, 0.3) is 0 Å². The van der Waals surface area contributed by atoms with Gasteiger partial charge in [-0.05, 0) is 36.6 Å². The van der Waals surface area contributed by atoms with Gasteiger partial charge in [0.1, 0.15) is 5.82 Å². The van der Waals surface area contributed by atoms with Crippen molar-refractivity contribution in [2.75, 3.05) is 6.61 Å². The Kier molecular flexibility index (Phi) is 4.25. The molecule has 18 heavy (non-hydrogen) atoms. The summed E-state index contributed by atoms with van der Waals surface area (Å²) in [6.07, 6.45) is 2.48. The van der Waals surface area contributed by atoms with Gasteiger partial charge >= 0.3 is 0 Å². The summed E-state index contributed by atoms with van der Waals surface area (Å²) >= 11 is 6.04. The molecule has 100 valence electrons. The number of halogens is 2. The van der Waals surface area contributed by atoms with Crippen LogP contribution in [0.5, 0.6) is 0 Å². The molecule has 1 N–H and O–H groups in total. The zero-order chi connectivity index (χ0) is 13.2. The summed E-state index contributed by atoms with van der Waals surface area (Å²) in [4.78, 5) is 0. The molecule has 4 heteroatoms. The molecule has 2 atom stereocenters. The van der Waals surface area contributed by atoms with Crippen molar-refractivity contribution in [2.24, 2.45) is 0 Å². The lowest BCUT2D eigenvalue weighted by molar-refractivity contribution is -0.103. The van der Waals surface area contributed by atoms with E-state index in [1.807, 2.05) is 6.92 Å². The monoisotopic (exact) mass is 272 g/mol. The Morgan fingerprint density at radius 3 is 3.06 bits per heavy atom. The fraction of sp³-hybridized carbons (Fsp3) is 0.571. The Labute approximate surface area is 112 Å². The molecular formula is C14H18ClFO2.